The molecule has 1 N–H and O–H groups in total. The number of hydrogen-bond acceptors (Lipinski definition) is 3. The van der Waals surface area contributed by atoms with Gasteiger partial charge in [0.05, 0.1) is 6.04 Å². The van der Waals surface area contributed by atoms with Crippen LogP contribution in [0.1, 0.15) is 32.1 Å². The molecular formula is C13H24N2OS. The van der Waals surface area contributed by atoms with Gasteiger partial charge in [0.25, 0.3) is 0 Å². The molecule has 0 aromatic heterocycles. The molecule has 1 saturated heterocycles. The normalized spacial score (nSPS) is 26.8. The third-order valence-electron chi connectivity index (χ3n) is 3.85. The molecule has 98 valence electrons. The van der Waals surface area contributed by atoms with Gasteiger partial charge in [-0.25, -0.2) is 0 Å². The lowest BCUT2D eigenvalue weighted by molar-refractivity contribution is -0.132. The van der Waals surface area contributed by atoms with Crippen molar-refractivity contribution in [2.45, 2.75) is 38.1 Å². The lowest BCUT2D eigenvalue weighted by Gasteiger charge is -2.31. The summed E-state index contributed by atoms with van der Waals surface area (Å²) in [5.41, 5.74) is 0. The SMILES string of the molecule is CN(CC1CCCCC1)C(=O)C1CSCCN1. The van der Waals surface area contributed by atoms with Gasteiger partial charge in [-0.2, -0.15) is 11.8 Å². The van der Waals surface area contributed by atoms with E-state index in [0.29, 0.717) is 5.91 Å². The summed E-state index contributed by atoms with van der Waals surface area (Å²) in [4.78, 5) is 14.2. The first-order chi connectivity index (χ1) is 8.27. The van der Waals surface area contributed by atoms with Crippen LogP contribution >= 0.6 is 11.8 Å². The number of nitrogens with one attached hydrogen (secondary N) is 1. The molecule has 2 rings (SSSR count). The van der Waals surface area contributed by atoms with E-state index in [-0.39, 0.29) is 6.04 Å². The van der Waals surface area contributed by atoms with Crippen LogP contribution in [0.25, 0.3) is 0 Å². The first-order valence-corrected chi connectivity index (χ1v) is 7.99. The zero-order valence-corrected chi connectivity index (χ0v) is 11.6. The maximum Gasteiger partial charge on any atom is 0.240 e. The van der Waals surface area contributed by atoms with Gasteiger partial charge in [0.1, 0.15) is 0 Å². The van der Waals surface area contributed by atoms with E-state index in [4.69, 9.17) is 0 Å². The van der Waals surface area contributed by atoms with E-state index in [0.717, 1.165) is 30.5 Å². The molecule has 1 atom stereocenters. The molecule has 0 radical (unpaired) electrons. The molecule has 0 aromatic rings. The van der Waals surface area contributed by atoms with Crippen LogP contribution in [-0.4, -0.2) is 48.5 Å². The highest BCUT2D eigenvalue weighted by molar-refractivity contribution is 7.99. The molecule has 1 heterocycles. The summed E-state index contributed by atoms with van der Waals surface area (Å²) < 4.78 is 0. The Morgan fingerprint density at radius 1 is 1.35 bits per heavy atom. The van der Waals surface area contributed by atoms with Gasteiger partial charge in [-0.05, 0) is 18.8 Å². The second kappa shape index (κ2) is 6.64. The van der Waals surface area contributed by atoms with E-state index in [2.05, 4.69) is 5.32 Å². The third kappa shape index (κ3) is 3.88. The van der Waals surface area contributed by atoms with Crippen molar-refractivity contribution in [3.8, 4) is 0 Å². The number of likely N-dealkylation sites (N-methyl/N-ethyl adjacent to an activating group) is 1. The Morgan fingerprint density at radius 2 is 2.12 bits per heavy atom. The Hall–Kier alpha value is -0.220. The smallest absolute Gasteiger partial charge is 0.240 e. The van der Waals surface area contributed by atoms with Crippen LogP contribution in [0.3, 0.4) is 0 Å². The first-order valence-electron chi connectivity index (χ1n) is 6.83. The van der Waals surface area contributed by atoms with Gasteiger partial charge >= 0.3 is 0 Å². The molecule has 2 aliphatic rings. The molecular weight excluding hydrogens is 232 g/mol. The number of hydrogen-bond donors (Lipinski definition) is 1. The second-order valence-corrected chi connectivity index (χ2v) is 6.45. The van der Waals surface area contributed by atoms with Crippen LogP contribution in [0, 0.1) is 5.92 Å². The number of amides is 1. The molecule has 1 aliphatic carbocycles. The second-order valence-electron chi connectivity index (χ2n) is 5.30. The van der Waals surface area contributed by atoms with Crippen LogP contribution in [0.15, 0.2) is 0 Å². The van der Waals surface area contributed by atoms with Crippen LogP contribution in [0.5, 0.6) is 0 Å². The van der Waals surface area contributed by atoms with Crippen LogP contribution < -0.4 is 5.32 Å². The van der Waals surface area contributed by atoms with E-state index >= 15 is 0 Å². The minimum absolute atomic E-state index is 0.0577. The van der Waals surface area contributed by atoms with Gasteiger partial charge in [-0.1, -0.05) is 19.3 Å². The van der Waals surface area contributed by atoms with Crippen LogP contribution in [0.4, 0.5) is 0 Å². The standard InChI is InChI=1S/C13H24N2OS/c1-15(9-11-5-3-2-4-6-11)13(16)12-10-17-8-7-14-12/h11-12,14H,2-10H2,1H3. The molecule has 1 unspecified atom stereocenters. The highest BCUT2D eigenvalue weighted by Gasteiger charge is 2.25. The topological polar surface area (TPSA) is 32.3 Å². The Balaban J connectivity index is 1.77. The summed E-state index contributed by atoms with van der Waals surface area (Å²) >= 11 is 1.88. The van der Waals surface area contributed by atoms with E-state index in [1.54, 1.807) is 0 Å². The molecule has 0 bridgehead atoms. The molecule has 4 heteroatoms. The number of carbonyl (C=O) groups is 1. The highest BCUT2D eigenvalue weighted by Crippen LogP contribution is 2.24. The van der Waals surface area contributed by atoms with Crippen molar-refractivity contribution in [1.29, 1.82) is 0 Å². The number of carbonyl (C=O) groups excluding carboxylic acids is 1. The summed E-state index contributed by atoms with van der Waals surface area (Å²) in [7, 11) is 1.97. The molecule has 1 saturated carbocycles. The zero-order valence-electron chi connectivity index (χ0n) is 10.8. The van der Waals surface area contributed by atoms with E-state index < -0.39 is 0 Å². The maximum absolute atomic E-state index is 12.2. The first kappa shape index (κ1) is 13.2. The summed E-state index contributed by atoms with van der Waals surface area (Å²) in [6.07, 6.45) is 6.71. The Bertz CT molecular complexity index is 248. The minimum Gasteiger partial charge on any atom is -0.344 e. The molecule has 0 spiro atoms. The maximum atomic E-state index is 12.2. The van der Waals surface area contributed by atoms with Gasteiger partial charge in [0.15, 0.2) is 0 Å². The molecule has 2 fully saturated rings. The molecule has 17 heavy (non-hydrogen) atoms. The summed E-state index contributed by atoms with van der Waals surface area (Å²) in [5.74, 6) is 3.11. The van der Waals surface area contributed by atoms with Gasteiger partial charge in [0, 0.05) is 31.6 Å². The highest BCUT2D eigenvalue weighted by atomic mass is 32.2. The van der Waals surface area contributed by atoms with Crippen molar-refractivity contribution in [3.63, 3.8) is 0 Å². The van der Waals surface area contributed by atoms with Crippen molar-refractivity contribution in [1.82, 2.24) is 10.2 Å². The quantitative estimate of drug-likeness (QED) is 0.834. The average Bonchev–Trinajstić information content (AvgIpc) is 2.40. The van der Waals surface area contributed by atoms with Crippen LogP contribution in [0.2, 0.25) is 0 Å². The third-order valence-corrected chi connectivity index (χ3v) is 4.91. The zero-order chi connectivity index (χ0) is 12.1. The molecule has 3 nitrogen and oxygen atoms in total. The fourth-order valence-corrected chi connectivity index (χ4v) is 3.76. The number of thioether (sulfide) groups is 1. The molecule has 1 aliphatic heterocycles. The van der Waals surface area contributed by atoms with Crippen molar-refractivity contribution < 1.29 is 4.79 Å². The van der Waals surface area contributed by atoms with Crippen molar-refractivity contribution >= 4 is 17.7 Å². The minimum atomic E-state index is 0.0577. The fraction of sp³-hybridized carbons (Fsp3) is 0.923. The van der Waals surface area contributed by atoms with Crippen LogP contribution in [-0.2, 0) is 4.79 Å². The average molecular weight is 256 g/mol. The van der Waals surface area contributed by atoms with Gasteiger partial charge < -0.3 is 10.2 Å². The number of rotatable bonds is 3. The van der Waals surface area contributed by atoms with E-state index in [1.807, 2.05) is 23.7 Å². The van der Waals surface area contributed by atoms with E-state index in [9.17, 15) is 4.79 Å². The Kier molecular flexibility index (Phi) is 5.16. The summed E-state index contributed by atoms with van der Waals surface area (Å²) in [5, 5.41) is 3.32. The molecule has 0 aromatic carbocycles. The predicted molar refractivity (Wildman–Crippen MR) is 73.3 cm³/mol. The summed E-state index contributed by atoms with van der Waals surface area (Å²) in [6, 6.07) is 0.0577. The van der Waals surface area contributed by atoms with Gasteiger partial charge in [-0.3, -0.25) is 4.79 Å². The number of nitrogens with zero attached hydrogens (tertiary/aromatic N) is 1. The van der Waals surface area contributed by atoms with Crippen molar-refractivity contribution in [2.75, 3.05) is 31.6 Å². The van der Waals surface area contributed by atoms with E-state index in [1.165, 1.54) is 32.1 Å². The van der Waals surface area contributed by atoms with Gasteiger partial charge in [-0.15, -0.1) is 0 Å². The fourth-order valence-electron chi connectivity index (χ4n) is 2.84. The lowest BCUT2D eigenvalue weighted by Crippen LogP contribution is -2.50. The Labute approximate surface area is 109 Å². The molecule has 1 amide bonds. The lowest BCUT2D eigenvalue weighted by atomic mass is 9.89. The summed E-state index contributed by atoms with van der Waals surface area (Å²) in [6.45, 7) is 1.93. The van der Waals surface area contributed by atoms with Crippen molar-refractivity contribution in [2.24, 2.45) is 5.92 Å². The van der Waals surface area contributed by atoms with Gasteiger partial charge in [0.2, 0.25) is 5.91 Å². The van der Waals surface area contributed by atoms with Crippen molar-refractivity contribution in [3.05, 3.63) is 0 Å². The predicted octanol–water partition coefficient (Wildman–Crippen LogP) is 1.73. The Morgan fingerprint density at radius 3 is 2.76 bits per heavy atom. The monoisotopic (exact) mass is 256 g/mol. The largest absolute Gasteiger partial charge is 0.344 e.